The fourth-order valence-corrected chi connectivity index (χ4v) is 1.21. The van der Waals surface area contributed by atoms with Crippen LogP contribution in [-0.2, 0) is 4.74 Å². The molecule has 0 aliphatic heterocycles. The van der Waals surface area contributed by atoms with Gasteiger partial charge in [-0.1, -0.05) is 28.1 Å². The van der Waals surface area contributed by atoms with Crippen LogP contribution in [0.3, 0.4) is 0 Å². The van der Waals surface area contributed by atoms with Crippen LogP contribution in [0, 0.1) is 0 Å². The number of methoxy groups -OCH3 is 1. The highest BCUT2D eigenvalue weighted by Crippen LogP contribution is 2.17. The monoisotopic (exact) mass is 216 g/mol. The van der Waals surface area contributed by atoms with Crippen LogP contribution in [0.2, 0.25) is 0 Å². The first-order chi connectivity index (χ1) is 5.24. The predicted octanol–water partition coefficient (Wildman–Crippen LogP) is 2.09. The minimum Gasteiger partial charge on any atom is -0.364 e. The number of hydrogen-bond donors (Lipinski definition) is 1. The van der Waals surface area contributed by atoms with Crippen LogP contribution in [0.4, 0.5) is 0 Å². The summed E-state index contributed by atoms with van der Waals surface area (Å²) < 4.78 is 5.66. The van der Waals surface area contributed by atoms with Gasteiger partial charge < -0.3 is 9.84 Å². The summed E-state index contributed by atoms with van der Waals surface area (Å²) in [6.45, 7) is 0. The van der Waals surface area contributed by atoms with Gasteiger partial charge in [0, 0.05) is 17.1 Å². The molecular weight excluding hydrogens is 208 g/mol. The molecule has 3 heteroatoms. The number of halogens is 1. The summed E-state index contributed by atoms with van der Waals surface area (Å²) in [5.74, 6) is 0. The Labute approximate surface area is 73.9 Å². The lowest BCUT2D eigenvalue weighted by atomic mass is 10.2. The Kier molecular flexibility index (Phi) is 3.05. The van der Waals surface area contributed by atoms with Crippen molar-refractivity contribution >= 4 is 15.9 Å². The van der Waals surface area contributed by atoms with E-state index in [0.29, 0.717) is 0 Å². The van der Waals surface area contributed by atoms with Gasteiger partial charge in [0.05, 0.1) is 0 Å². The van der Waals surface area contributed by atoms with Crippen LogP contribution in [0.5, 0.6) is 0 Å². The summed E-state index contributed by atoms with van der Waals surface area (Å²) in [5.41, 5.74) is 0.752. The molecule has 0 aliphatic carbocycles. The van der Waals surface area contributed by atoms with E-state index in [2.05, 4.69) is 15.9 Å². The van der Waals surface area contributed by atoms with Gasteiger partial charge >= 0.3 is 0 Å². The van der Waals surface area contributed by atoms with Crippen molar-refractivity contribution in [1.29, 1.82) is 0 Å². The van der Waals surface area contributed by atoms with Crippen molar-refractivity contribution in [3.63, 3.8) is 0 Å². The number of rotatable bonds is 2. The quantitative estimate of drug-likeness (QED) is 0.768. The highest BCUT2D eigenvalue weighted by atomic mass is 79.9. The Bertz CT molecular complexity index is 237. The van der Waals surface area contributed by atoms with Crippen molar-refractivity contribution in [2.24, 2.45) is 0 Å². The molecule has 0 spiro atoms. The van der Waals surface area contributed by atoms with E-state index in [1.807, 2.05) is 18.2 Å². The van der Waals surface area contributed by atoms with Gasteiger partial charge in [0.1, 0.15) is 0 Å². The lowest BCUT2D eigenvalue weighted by molar-refractivity contribution is -0.0769. The van der Waals surface area contributed by atoms with Crippen LogP contribution in [-0.4, -0.2) is 12.2 Å². The Morgan fingerprint density at radius 2 is 2.27 bits per heavy atom. The molecule has 0 saturated heterocycles. The highest BCUT2D eigenvalue weighted by molar-refractivity contribution is 9.10. The first-order valence-corrected chi connectivity index (χ1v) is 3.99. The molecule has 1 aromatic rings. The molecule has 0 bridgehead atoms. The van der Waals surface area contributed by atoms with Gasteiger partial charge in [0.2, 0.25) is 0 Å². The molecule has 0 aliphatic rings. The zero-order chi connectivity index (χ0) is 8.27. The number of aliphatic hydroxyl groups is 1. The number of aliphatic hydroxyl groups excluding tert-OH is 1. The van der Waals surface area contributed by atoms with E-state index < -0.39 is 6.29 Å². The average Bonchev–Trinajstić information content (AvgIpc) is 2.03. The second-order valence-electron chi connectivity index (χ2n) is 2.14. The Morgan fingerprint density at radius 3 is 2.82 bits per heavy atom. The zero-order valence-electron chi connectivity index (χ0n) is 6.12. The highest BCUT2D eigenvalue weighted by Gasteiger charge is 2.03. The minimum absolute atomic E-state index is 0.752. The molecule has 1 unspecified atom stereocenters. The molecule has 0 heterocycles. The van der Waals surface area contributed by atoms with Gasteiger partial charge in [0.15, 0.2) is 6.29 Å². The van der Waals surface area contributed by atoms with Crippen LogP contribution in [0.25, 0.3) is 0 Å². The second kappa shape index (κ2) is 3.85. The summed E-state index contributed by atoms with van der Waals surface area (Å²) >= 11 is 3.29. The van der Waals surface area contributed by atoms with Crippen LogP contribution in [0.1, 0.15) is 11.9 Å². The lowest BCUT2D eigenvalue weighted by Crippen LogP contribution is -1.98. The third-order valence-corrected chi connectivity index (χ3v) is 1.85. The van der Waals surface area contributed by atoms with Crippen molar-refractivity contribution in [3.05, 3.63) is 34.3 Å². The summed E-state index contributed by atoms with van der Waals surface area (Å²) in [6.07, 6.45) is -0.826. The second-order valence-corrected chi connectivity index (χ2v) is 3.06. The molecule has 1 rings (SSSR count). The molecule has 2 nitrogen and oxygen atoms in total. The summed E-state index contributed by atoms with van der Waals surface area (Å²) in [5, 5.41) is 9.21. The Balaban J connectivity index is 2.86. The molecule has 0 aromatic heterocycles. The summed E-state index contributed by atoms with van der Waals surface area (Å²) in [6, 6.07) is 7.36. The van der Waals surface area contributed by atoms with Gasteiger partial charge in [-0.05, 0) is 12.1 Å². The molecular formula is C8H9BrO2. The number of hydrogen-bond acceptors (Lipinski definition) is 2. The fourth-order valence-electron chi connectivity index (χ4n) is 0.796. The van der Waals surface area contributed by atoms with Crippen LogP contribution < -0.4 is 0 Å². The van der Waals surface area contributed by atoms with E-state index in [1.54, 1.807) is 6.07 Å². The molecule has 0 amide bonds. The van der Waals surface area contributed by atoms with Crippen LogP contribution >= 0.6 is 15.9 Å². The lowest BCUT2D eigenvalue weighted by Gasteiger charge is -2.07. The fraction of sp³-hybridized carbons (Fsp3) is 0.250. The van der Waals surface area contributed by atoms with Gasteiger partial charge in [-0.15, -0.1) is 0 Å². The zero-order valence-corrected chi connectivity index (χ0v) is 7.71. The summed E-state index contributed by atoms with van der Waals surface area (Å²) in [7, 11) is 1.46. The van der Waals surface area contributed by atoms with E-state index >= 15 is 0 Å². The van der Waals surface area contributed by atoms with Crippen molar-refractivity contribution in [2.75, 3.05) is 7.11 Å². The minimum atomic E-state index is -0.826. The Hall–Kier alpha value is -0.380. The van der Waals surface area contributed by atoms with Crippen LogP contribution in [0.15, 0.2) is 28.7 Å². The molecule has 1 N–H and O–H groups in total. The topological polar surface area (TPSA) is 29.5 Å². The van der Waals surface area contributed by atoms with Gasteiger partial charge in [-0.25, -0.2) is 0 Å². The first-order valence-electron chi connectivity index (χ1n) is 3.20. The molecule has 0 fully saturated rings. The molecule has 60 valence electrons. The molecule has 0 radical (unpaired) electrons. The van der Waals surface area contributed by atoms with E-state index in [4.69, 9.17) is 4.74 Å². The molecule has 0 saturated carbocycles. The first kappa shape index (κ1) is 8.71. The van der Waals surface area contributed by atoms with Crippen molar-refractivity contribution < 1.29 is 9.84 Å². The maximum Gasteiger partial charge on any atom is 0.180 e. The molecule has 11 heavy (non-hydrogen) atoms. The third-order valence-electron chi connectivity index (χ3n) is 1.36. The normalized spacial score (nSPS) is 13.0. The number of ether oxygens (including phenoxy) is 1. The largest absolute Gasteiger partial charge is 0.364 e. The van der Waals surface area contributed by atoms with Gasteiger partial charge in [-0.2, -0.15) is 0 Å². The smallest absolute Gasteiger partial charge is 0.180 e. The SMILES string of the molecule is COC(O)c1cccc(Br)c1. The van der Waals surface area contributed by atoms with Crippen molar-refractivity contribution in [3.8, 4) is 0 Å². The van der Waals surface area contributed by atoms with E-state index in [1.165, 1.54) is 7.11 Å². The van der Waals surface area contributed by atoms with E-state index in [-0.39, 0.29) is 0 Å². The van der Waals surface area contributed by atoms with Crippen molar-refractivity contribution in [2.45, 2.75) is 6.29 Å². The third kappa shape index (κ3) is 2.29. The maximum atomic E-state index is 9.21. The average molecular weight is 217 g/mol. The molecule has 1 aromatic carbocycles. The van der Waals surface area contributed by atoms with Gasteiger partial charge in [-0.3, -0.25) is 0 Å². The van der Waals surface area contributed by atoms with Crippen molar-refractivity contribution in [1.82, 2.24) is 0 Å². The standard InChI is InChI=1S/C8H9BrO2/c1-11-8(10)6-3-2-4-7(9)5-6/h2-5,8,10H,1H3. The van der Waals surface area contributed by atoms with E-state index in [0.717, 1.165) is 10.0 Å². The summed E-state index contributed by atoms with van der Waals surface area (Å²) in [4.78, 5) is 0. The van der Waals surface area contributed by atoms with E-state index in [9.17, 15) is 5.11 Å². The Morgan fingerprint density at radius 1 is 1.55 bits per heavy atom. The molecule has 1 atom stereocenters. The van der Waals surface area contributed by atoms with Gasteiger partial charge in [0.25, 0.3) is 0 Å². The predicted molar refractivity (Wildman–Crippen MR) is 46.1 cm³/mol. The number of benzene rings is 1. The maximum absolute atomic E-state index is 9.21.